The average Bonchev–Trinajstić information content (AvgIpc) is 2.46. The van der Waals surface area contributed by atoms with Gasteiger partial charge in [-0.15, -0.1) is 0 Å². The summed E-state index contributed by atoms with van der Waals surface area (Å²) in [6, 6.07) is 15.7. The van der Waals surface area contributed by atoms with Crippen LogP contribution in [0.2, 0.25) is 0 Å². The Morgan fingerprint density at radius 1 is 1.15 bits per heavy atom. The molecule has 0 unspecified atom stereocenters. The lowest BCUT2D eigenvalue weighted by molar-refractivity contribution is -0.120. The number of rotatable bonds is 5. The van der Waals surface area contributed by atoms with E-state index in [0.29, 0.717) is 13.0 Å². The first-order chi connectivity index (χ1) is 9.69. The number of hydrogen-bond donors (Lipinski definition) is 1. The Hall–Kier alpha value is -2.29. The van der Waals surface area contributed by atoms with E-state index in [1.807, 2.05) is 55.5 Å². The first kappa shape index (κ1) is 14.1. The molecule has 0 radical (unpaired) electrons. The van der Waals surface area contributed by atoms with Gasteiger partial charge in [-0.1, -0.05) is 48.0 Å². The molecule has 0 aliphatic carbocycles. The molecule has 2 aromatic rings. The lowest BCUT2D eigenvalue weighted by Crippen LogP contribution is -2.24. The van der Waals surface area contributed by atoms with Crippen molar-refractivity contribution in [2.45, 2.75) is 19.9 Å². The van der Waals surface area contributed by atoms with Crippen LogP contribution in [-0.2, 0) is 17.8 Å². The summed E-state index contributed by atoms with van der Waals surface area (Å²) in [6.07, 6.45) is 0.331. The second kappa shape index (κ2) is 6.75. The van der Waals surface area contributed by atoms with E-state index in [0.717, 1.165) is 22.4 Å². The molecule has 0 saturated carbocycles. The quantitative estimate of drug-likeness (QED) is 0.906. The number of benzene rings is 2. The maximum absolute atomic E-state index is 12.0. The monoisotopic (exact) mass is 269 g/mol. The molecule has 0 aromatic heterocycles. The molecule has 2 aromatic carbocycles. The summed E-state index contributed by atoms with van der Waals surface area (Å²) in [6.45, 7) is 2.55. The molecule has 0 heterocycles. The van der Waals surface area contributed by atoms with Crippen molar-refractivity contribution in [1.82, 2.24) is 5.32 Å². The molecule has 0 atom stereocenters. The van der Waals surface area contributed by atoms with Crippen LogP contribution in [0.1, 0.15) is 16.7 Å². The van der Waals surface area contributed by atoms with Crippen LogP contribution >= 0.6 is 0 Å². The molecule has 0 aliphatic rings. The smallest absolute Gasteiger partial charge is 0.224 e. The zero-order chi connectivity index (χ0) is 14.4. The molecule has 0 aliphatic heterocycles. The van der Waals surface area contributed by atoms with Gasteiger partial charge in [-0.25, -0.2) is 0 Å². The van der Waals surface area contributed by atoms with Crippen LogP contribution in [-0.4, -0.2) is 13.0 Å². The van der Waals surface area contributed by atoms with Gasteiger partial charge in [0.15, 0.2) is 0 Å². The van der Waals surface area contributed by atoms with Gasteiger partial charge in [0.2, 0.25) is 5.91 Å². The topological polar surface area (TPSA) is 38.3 Å². The van der Waals surface area contributed by atoms with E-state index in [2.05, 4.69) is 5.32 Å². The van der Waals surface area contributed by atoms with Gasteiger partial charge in [-0.05, 0) is 18.6 Å². The summed E-state index contributed by atoms with van der Waals surface area (Å²) in [5.41, 5.74) is 3.13. The van der Waals surface area contributed by atoms with E-state index in [9.17, 15) is 4.79 Å². The van der Waals surface area contributed by atoms with Crippen molar-refractivity contribution in [3.63, 3.8) is 0 Å². The van der Waals surface area contributed by atoms with Gasteiger partial charge >= 0.3 is 0 Å². The summed E-state index contributed by atoms with van der Waals surface area (Å²) in [7, 11) is 1.62. The summed E-state index contributed by atoms with van der Waals surface area (Å²) in [4.78, 5) is 12.0. The standard InChI is InChI=1S/C17H19NO2/c1-13-8-9-16(20-2)15(10-13)11-17(19)18-12-14-6-4-3-5-7-14/h3-10H,11-12H2,1-2H3,(H,18,19). The van der Waals surface area contributed by atoms with Gasteiger partial charge in [0.25, 0.3) is 0 Å². The largest absolute Gasteiger partial charge is 0.496 e. The fourth-order valence-electron chi connectivity index (χ4n) is 2.08. The predicted octanol–water partition coefficient (Wildman–Crippen LogP) is 2.86. The highest BCUT2D eigenvalue weighted by Crippen LogP contribution is 2.20. The second-order valence-corrected chi connectivity index (χ2v) is 4.75. The minimum absolute atomic E-state index is 0.00208. The second-order valence-electron chi connectivity index (χ2n) is 4.75. The molecule has 20 heavy (non-hydrogen) atoms. The van der Waals surface area contributed by atoms with Crippen molar-refractivity contribution >= 4 is 5.91 Å². The third kappa shape index (κ3) is 3.85. The Labute approximate surface area is 119 Å². The van der Waals surface area contributed by atoms with Gasteiger partial charge in [0, 0.05) is 12.1 Å². The average molecular weight is 269 g/mol. The molecule has 104 valence electrons. The van der Waals surface area contributed by atoms with E-state index in [-0.39, 0.29) is 5.91 Å². The molecule has 0 saturated heterocycles. The Morgan fingerprint density at radius 3 is 2.60 bits per heavy atom. The van der Waals surface area contributed by atoms with Crippen LogP contribution < -0.4 is 10.1 Å². The Balaban J connectivity index is 1.96. The third-order valence-corrected chi connectivity index (χ3v) is 3.12. The van der Waals surface area contributed by atoms with E-state index >= 15 is 0 Å². The van der Waals surface area contributed by atoms with Gasteiger partial charge in [-0.2, -0.15) is 0 Å². The Kier molecular flexibility index (Phi) is 4.77. The number of carbonyl (C=O) groups excluding carboxylic acids is 1. The first-order valence-corrected chi connectivity index (χ1v) is 6.63. The highest BCUT2D eigenvalue weighted by Gasteiger charge is 2.08. The van der Waals surface area contributed by atoms with Crippen LogP contribution in [0.25, 0.3) is 0 Å². The fourth-order valence-corrected chi connectivity index (χ4v) is 2.08. The molecule has 3 heteroatoms. The Bertz CT molecular complexity index is 579. The summed E-state index contributed by atoms with van der Waals surface area (Å²) >= 11 is 0. The fraction of sp³-hybridized carbons (Fsp3) is 0.235. The molecule has 3 nitrogen and oxygen atoms in total. The first-order valence-electron chi connectivity index (χ1n) is 6.63. The maximum atomic E-state index is 12.0. The van der Waals surface area contributed by atoms with Gasteiger partial charge < -0.3 is 10.1 Å². The lowest BCUT2D eigenvalue weighted by Gasteiger charge is -2.10. The predicted molar refractivity (Wildman–Crippen MR) is 79.7 cm³/mol. The third-order valence-electron chi connectivity index (χ3n) is 3.12. The zero-order valence-corrected chi connectivity index (χ0v) is 11.8. The van der Waals surface area contributed by atoms with Gasteiger partial charge in [-0.3, -0.25) is 4.79 Å². The number of methoxy groups -OCH3 is 1. The number of aryl methyl sites for hydroxylation is 1. The van der Waals surface area contributed by atoms with Crippen molar-refractivity contribution in [2.75, 3.05) is 7.11 Å². The maximum Gasteiger partial charge on any atom is 0.224 e. The number of nitrogens with one attached hydrogen (secondary N) is 1. The van der Waals surface area contributed by atoms with Crippen LogP contribution in [0.3, 0.4) is 0 Å². The lowest BCUT2D eigenvalue weighted by atomic mass is 10.1. The van der Waals surface area contributed by atoms with E-state index in [4.69, 9.17) is 4.74 Å². The molecule has 1 amide bonds. The molecule has 1 N–H and O–H groups in total. The number of carbonyl (C=O) groups is 1. The van der Waals surface area contributed by atoms with E-state index in [1.165, 1.54) is 0 Å². The van der Waals surface area contributed by atoms with Crippen molar-refractivity contribution in [3.05, 3.63) is 65.2 Å². The number of hydrogen-bond acceptors (Lipinski definition) is 2. The highest BCUT2D eigenvalue weighted by atomic mass is 16.5. The summed E-state index contributed by atoms with van der Waals surface area (Å²) in [5.74, 6) is 0.753. The molecular formula is C17H19NO2. The normalized spacial score (nSPS) is 10.1. The van der Waals surface area contributed by atoms with Crippen molar-refractivity contribution in [2.24, 2.45) is 0 Å². The highest BCUT2D eigenvalue weighted by molar-refractivity contribution is 5.79. The zero-order valence-electron chi connectivity index (χ0n) is 11.8. The van der Waals surface area contributed by atoms with Gasteiger partial charge in [0.1, 0.15) is 5.75 Å². The van der Waals surface area contributed by atoms with E-state index in [1.54, 1.807) is 7.11 Å². The van der Waals surface area contributed by atoms with Gasteiger partial charge in [0.05, 0.1) is 13.5 Å². The molecular weight excluding hydrogens is 250 g/mol. The minimum atomic E-state index is -0.00208. The molecule has 0 bridgehead atoms. The van der Waals surface area contributed by atoms with Crippen LogP contribution in [0.15, 0.2) is 48.5 Å². The minimum Gasteiger partial charge on any atom is -0.496 e. The van der Waals surface area contributed by atoms with Crippen molar-refractivity contribution in [3.8, 4) is 5.75 Å². The number of ether oxygens (including phenoxy) is 1. The molecule has 0 spiro atoms. The SMILES string of the molecule is COc1ccc(C)cc1CC(=O)NCc1ccccc1. The van der Waals surface area contributed by atoms with Crippen LogP contribution in [0, 0.1) is 6.92 Å². The number of amides is 1. The van der Waals surface area contributed by atoms with Crippen LogP contribution in [0.4, 0.5) is 0 Å². The van der Waals surface area contributed by atoms with Crippen molar-refractivity contribution in [1.29, 1.82) is 0 Å². The summed E-state index contributed by atoms with van der Waals surface area (Å²) < 4.78 is 5.28. The molecule has 2 rings (SSSR count). The summed E-state index contributed by atoms with van der Waals surface area (Å²) in [5, 5.41) is 2.92. The Morgan fingerprint density at radius 2 is 1.90 bits per heavy atom. The van der Waals surface area contributed by atoms with E-state index < -0.39 is 0 Å². The van der Waals surface area contributed by atoms with Crippen LogP contribution in [0.5, 0.6) is 5.75 Å². The van der Waals surface area contributed by atoms with Crippen molar-refractivity contribution < 1.29 is 9.53 Å². The molecule has 0 fully saturated rings.